The first-order valence-corrected chi connectivity index (χ1v) is 8.90. The molecule has 0 unspecified atom stereocenters. The zero-order valence-corrected chi connectivity index (χ0v) is 15.4. The van der Waals surface area contributed by atoms with Crippen molar-refractivity contribution in [1.82, 2.24) is 24.6 Å². The fourth-order valence-corrected chi connectivity index (χ4v) is 3.37. The van der Waals surface area contributed by atoms with E-state index in [9.17, 15) is 4.79 Å². The van der Waals surface area contributed by atoms with Crippen LogP contribution in [0.1, 0.15) is 32.9 Å². The maximum Gasteiger partial charge on any atom is 0.254 e. The van der Waals surface area contributed by atoms with Crippen molar-refractivity contribution in [3.8, 4) is 5.88 Å². The number of aromatic nitrogens is 4. The molecule has 1 aliphatic heterocycles. The number of pyridine rings is 2. The van der Waals surface area contributed by atoms with Gasteiger partial charge in [0, 0.05) is 68.0 Å². The van der Waals surface area contributed by atoms with Gasteiger partial charge in [-0.25, -0.2) is 4.98 Å². The maximum absolute atomic E-state index is 12.8. The Bertz CT molecular complexity index is 968. The molecule has 0 atom stereocenters. The summed E-state index contributed by atoms with van der Waals surface area (Å²) in [6.45, 7) is 3.54. The molecule has 7 nitrogen and oxygen atoms in total. The lowest BCUT2D eigenvalue weighted by Gasteiger charge is -2.27. The van der Waals surface area contributed by atoms with Crippen LogP contribution in [0.15, 0.2) is 42.9 Å². The molecule has 3 aromatic rings. The Kier molecular flexibility index (Phi) is 4.58. The van der Waals surface area contributed by atoms with Crippen molar-refractivity contribution in [2.75, 3.05) is 6.54 Å². The molecule has 0 spiro atoms. The first-order valence-electron chi connectivity index (χ1n) is 8.90. The van der Waals surface area contributed by atoms with Crippen LogP contribution in [0.25, 0.3) is 0 Å². The van der Waals surface area contributed by atoms with E-state index in [1.54, 1.807) is 30.7 Å². The molecule has 0 saturated carbocycles. The zero-order chi connectivity index (χ0) is 18.8. The second-order valence-corrected chi connectivity index (χ2v) is 6.67. The van der Waals surface area contributed by atoms with Gasteiger partial charge in [-0.15, -0.1) is 0 Å². The minimum atomic E-state index is 0.0131. The SMILES string of the molecule is Cc1ccnc(OCc2nn(C)c3c2CN(C(=O)c2ccncc2)CC3)c1. The molecule has 0 saturated heterocycles. The third-order valence-corrected chi connectivity index (χ3v) is 4.79. The molecule has 138 valence electrons. The Labute approximate surface area is 157 Å². The third kappa shape index (κ3) is 3.53. The van der Waals surface area contributed by atoms with Crippen LogP contribution < -0.4 is 4.74 Å². The molecule has 1 aliphatic rings. The van der Waals surface area contributed by atoms with Gasteiger partial charge in [-0.2, -0.15) is 5.10 Å². The molecule has 27 heavy (non-hydrogen) atoms. The second-order valence-electron chi connectivity index (χ2n) is 6.67. The second kappa shape index (κ2) is 7.19. The maximum atomic E-state index is 12.8. The molecule has 7 heteroatoms. The Morgan fingerprint density at radius 2 is 2.04 bits per heavy atom. The summed E-state index contributed by atoms with van der Waals surface area (Å²) in [5, 5.41) is 4.61. The van der Waals surface area contributed by atoms with Crippen LogP contribution in [0, 0.1) is 6.92 Å². The molecular weight excluding hydrogens is 342 g/mol. The van der Waals surface area contributed by atoms with Crippen molar-refractivity contribution in [3.05, 3.63) is 70.9 Å². The molecule has 0 bridgehead atoms. The number of aryl methyl sites for hydroxylation is 2. The van der Waals surface area contributed by atoms with Crippen molar-refractivity contribution in [2.45, 2.75) is 26.5 Å². The van der Waals surface area contributed by atoms with Crippen LogP contribution >= 0.6 is 0 Å². The number of hydrogen-bond acceptors (Lipinski definition) is 5. The summed E-state index contributed by atoms with van der Waals surface area (Å²) in [6, 6.07) is 7.32. The quantitative estimate of drug-likeness (QED) is 0.711. The van der Waals surface area contributed by atoms with Crippen molar-refractivity contribution >= 4 is 5.91 Å². The highest BCUT2D eigenvalue weighted by Crippen LogP contribution is 2.24. The summed E-state index contributed by atoms with van der Waals surface area (Å²) >= 11 is 0. The highest BCUT2D eigenvalue weighted by Gasteiger charge is 2.27. The summed E-state index contributed by atoms with van der Waals surface area (Å²) in [5.74, 6) is 0.592. The highest BCUT2D eigenvalue weighted by atomic mass is 16.5. The summed E-state index contributed by atoms with van der Waals surface area (Å²) < 4.78 is 7.73. The van der Waals surface area contributed by atoms with E-state index in [2.05, 4.69) is 15.1 Å². The lowest BCUT2D eigenvalue weighted by atomic mass is 10.0. The lowest BCUT2D eigenvalue weighted by Crippen LogP contribution is -2.36. The van der Waals surface area contributed by atoms with E-state index in [-0.39, 0.29) is 5.91 Å². The molecule has 4 rings (SSSR count). The molecule has 4 heterocycles. The van der Waals surface area contributed by atoms with E-state index in [0.717, 1.165) is 28.9 Å². The summed E-state index contributed by atoms with van der Waals surface area (Å²) in [6.07, 6.45) is 5.79. The number of fused-ring (bicyclic) bond motifs is 1. The number of carbonyl (C=O) groups excluding carboxylic acids is 1. The summed E-state index contributed by atoms with van der Waals surface area (Å²) in [7, 11) is 1.94. The monoisotopic (exact) mass is 363 g/mol. The molecule has 0 fully saturated rings. The number of hydrogen-bond donors (Lipinski definition) is 0. The first-order chi connectivity index (χ1) is 13.1. The molecule has 3 aromatic heterocycles. The third-order valence-electron chi connectivity index (χ3n) is 4.79. The Balaban J connectivity index is 1.53. The molecular formula is C20H21N5O2. The van der Waals surface area contributed by atoms with Crippen molar-refractivity contribution in [3.63, 3.8) is 0 Å². The minimum Gasteiger partial charge on any atom is -0.471 e. The molecule has 0 aliphatic carbocycles. The van der Waals surface area contributed by atoms with E-state index in [1.807, 2.05) is 35.7 Å². The van der Waals surface area contributed by atoms with Gasteiger partial charge in [0.05, 0.1) is 0 Å². The van der Waals surface area contributed by atoms with Crippen LogP contribution in [0.4, 0.5) is 0 Å². The van der Waals surface area contributed by atoms with Crippen molar-refractivity contribution in [1.29, 1.82) is 0 Å². The fourth-order valence-electron chi connectivity index (χ4n) is 3.37. The van der Waals surface area contributed by atoms with E-state index in [1.165, 1.54) is 0 Å². The van der Waals surface area contributed by atoms with Crippen LogP contribution in [-0.4, -0.2) is 37.1 Å². The van der Waals surface area contributed by atoms with Gasteiger partial charge in [0.1, 0.15) is 12.3 Å². The van der Waals surface area contributed by atoms with Crippen LogP contribution in [0.3, 0.4) is 0 Å². The van der Waals surface area contributed by atoms with Gasteiger partial charge in [0.15, 0.2) is 0 Å². The van der Waals surface area contributed by atoms with Gasteiger partial charge in [0.2, 0.25) is 5.88 Å². The molecule has 1 amide bonds. The largest absolute Gasteiger partial charge is 0.471 e. The van der Waals surface area contributed by atoms with Gasteiger partial charge in [-0.3, -0.25) is 14.5 Å². The van der Waals surface area contributed by atoms with E-state index >= 15 is 0 Å². The minimum absolute atomic E-state index is 0.0131. The van der Waals surface area contributed by atoms with Crippen LogP contribution in [0.2, 0.25) is 0 Å². The normalized spacial score (nSPS) is 13.3. The molecule has 0 radical (unpaired) electrons. The van der Waals surface area contributed by atoms with Gasteiger partial charge >= 0.3 is 0 Å². The predicted molar refractivity (Wildman–Crippen MR) is 99.2 cm³/mol. The van der Waals surface area contributed by atoms with Crippen LogP contribution in [0.5, 0.6) is 5.88 Å². The smallest absolute Gasteiger partial charge is 0.254 e. The number of carbonyl (C=O) groups is 1. The van der Waals surface area contributed by atoms with Gasteiger partial charge in [-0.05, 0) is 30.7 Å². The van der Waals surface area contributed by atoms with E-state index in [0.29, 0.717) is 31.1 Å². The average Bonchev–Trinajstić information content (AvgIpc) is 3.02. The predicted octanol–water partition coefficient (Wildman–Crippen LogP) is 2.30. The van der Waals surface area contributed by atoms with Crippen molar-refractivity contribution < 1.29 is 9.53 Å². The fraction of sp³-hybridized carbons (Fsp3) is 0.300. The number of amides is 1. The topological polar surface area (TPSA) is 73.1 Å². The highest BCUT2D eigenvalue weighted by molar-refractivity contribution is 5.94. The standard InChI is InChI=1S/C20H21N5O2/c1-14-3-9-22-19(11-14)27-13-17-16-12-25(10-6-18(16)24(2)23-17)20(26)15-4-7-21-8-5-15/h3-5,7-9,11H,6,10,12-13H2,1-2H3. The van der Waals surface area contributed by atoms with E-state index in [4.69, 9.17) is 4.74 Å². The Morgan fingerprint density at radius 1 is 1.22 bits per heavy atom. The number of ether oxygens (including phenoxy) is 1. The summed E-state index contributed by atoms with van der Waals surface area (Å²) in [4.78, 5) is 22.8. The Morgan fingerprint density at radius 3 is 2.81 bits per heavy atom. The zero-order valence-electron chi connectivity index (χ0n) is 15.4. The van der Waals surface area contributed by atoms with Gasteiger partial charge < -0.3 is 9.64 Å². The van der Waals surface area contributed by atoms with Gasteiger partial charge in [-0.1, -0.05) is 0 Å². The number of nitrogens with zero attached hydrogens (tertiary/aromatic N) is 5. The first kappa shape index (κ1) is 17.2. The molecule has 0 N–H and O–H groups in total. The van der Waals surface area contributed by atoms with Crippen molar-refractivity contribution in [2.24, 2.45) is 7.05 Å². The summed E-state index contributed by atoms with van der Waals surface area (Å²) in [5.41, 5.74) is 4.82. The lowest BCUT2D eigenvalue weighted by molar-refractivity contribution is 0.0732. The van der Waals surface area contributed by atoms with E-state index < -0.39 is 0 Å². The number of rotatable bonds is 4. The Hall–Kier alpha value is -3.22. The molecule has 0 aromatic carbocycles. The van der Waals surface area contributed by atoms with Crippen LogP contribution in [-0.2, 0) is 26.6 Å². The van der Waals surface area contributed by atoms with Gasteiger partial charge in [0.25, 0.3) is 5.91 Å². The average molecular weight is 363 g/mol.